The van der Waals surface area contributed by atoms with E-state index < -0.39 is 0 Å². The molecule has 1 N–H and O–H groups in total. The maximum Gasteiger partial charge on any atom is 0.181 e. The van der Waals surface area contributed by atoms with E-state index >= 15 is 0 Å². The van der Waals surface area contributed by atoms with Gasteiger partial charge in [0.05, 0.1) is 18.6 Å². The number of Topliss-reactive ketones (excluding diaryl/α,β-unsaturated/α-hetero) is 1. The van der Waals surface area contributed by atoms with Gasteiger partial charge in [-0.05, 0) is 28.1 Å². The molecule has 76 valence electrons. The van der Waals surface area contributed by atoms with E-state index in [0.29, 0.717) is 10.2 Å². The van der Waals surface area contributed by atoms with Gasteiger partial charge in [0.1, 0.15) is 16.0 Å². The first-order valence-electron chi connectivity index (χ1n) is 3.76. The molecule has 0 aliphatic rings. The van der Waals surface area contributed by atoms with Crippen molar-refractivity contribution in [1.29, 1.82) is 0 Å². The van der Waals surface area contributed by atoms with Gasteiger partial charge in [-0.15, -0.1) is 11.6 Å². The van der Waals surface area contributed by atoms with Crippen LogP contribution in [0, 0.1) is 0 Å². The fourth-order valence-corrected chi connectivity index (χ4v) is 1.65. The Morgan fingerprint density at radius 1 is 1.64 bits per heavy atom. The minimum atomic E-state index is -0.326. The predicted molar refractivity (Wildman–Crippen MR) is 57.4 cm³/mol. The van der Waals surface area contributed by atoms with Gasteiger partial charge in [0.2, 0.25) is 0 Å². The van der Waals surface area contributed by atoms with Gasteiger partial charge in [0.15, 0.2) is 5.78 Å². The highest BCUT2D eigenvalue weighted by atomic mass is 79.9. The number of carbonyl (C=O) groups excluding carboxylic acids is 1. The van der Waals surface area contributed by atoms with E-state index in [4.69, 9.17) is 16.3 Å². The van der Waals surface area contributed by atoms with Crippen LogP contribution in [0.25, 0.3) is 0 Å². The number of methoxy groups -OCH3 is 1. The van der Waals surface area contributed by atoms with Crippen LogP contribution >= 0.6 is 27.5 Å². The van der Waals surface area contributed by atoms with Gasteiger partial charge >= 0.3 is 0 Å². The fourth-order valence-electron chi connectivity index (χ4n) is 1.00. The highest BCUT2D eigenvalue weighted by Gasteiger charge is 2.15. The quantitative estimate of drug-likeness (QED) is 0.683. The van der Waals surface area contributed by atoms with Crippen LogP contribution in [0.2, 0.25) is 0 Å². The molecule has 0 heterocycles. The Bertz CT molecular complexity index is 365. The lowest BCUT2D eigenvalue weighted by Crippen LogP contribution is -2.01. The summed E-state index contributed by atoms with van der Waals surface area (Å²) in [7, 11) is 1.47. The number of halogens is 2. The van der Waals surface area contributed by atoms with Gasteiger partial charge in [-0.1, -0.05) is 0 Å². The Labute approximate surface area is 94.8 Å². The Morgan fingerprint density at radius 3 is 2.79 bits per heavy atom. The second kappa shape index (κ2) is 4.66. The summed E-state index contributed by atoms with van der Waals surface area (Å²) >= 11 is 8.50. The average Bonchev–Trinajstić information content (AvgIpc) is 2.21. The third kappa shape index (κ3) is 2.01. The van der Waals surface area contributed by atoms with Crippen molar-refractivity contribution in [2.45, 2.75) is 0 Å². The van der Waals surface area contributed by atoms with E-state index in [-0.39, 0.29) is 23.0 Å². The largest absolute Gasteiger partial charge is 0.506 e. The van der Waals surface area contributed by atoms with Crippen LogP contribution < -0.4 is 4.74 Å². The van der Waals surface area contributed by atoms with Crippen LogP contribution in [0.4, 0.5) is 0 Å². The van der Waals surface area contributed by atoms with E-state index in [1.807, 2.05) is 0 Å². The van der Waals surface area contributed by atoms with Crippen LogP contribution in [-0.4, -0.2) is 23.9 Å². The summed E-state index contributed by atoms with van der Waals surface area (Å²) in [6.45, 7) is 0. The molecule has 0 aliphatic heterocycles. The minimum absolute atomic E-state index is 0.144. The fraction of sp³-hybridized carbons (Fsp3) is 0.222. The highest BCUT2D eigenvalue weighted by molar-refractivity contribution is 9.10. The molecular weight excluding hydrogens is 271 g/mol. The third-order valence-corrected chi connectivity index (χ3v) is 2.73. The second-order valence-electron chi connectivity index (χ2n) is 2.53. The molecule has 0 aliphatic carbocycles. The third-order valence-electron chi connectivity index (χ3n) is 1.72. The molecule has 1 aromatic carbocycles. The van der Waals surface area contributed by atoms with Crippen molar-refractivity contribution >= 4 is 33.3 Å². The Morgan fingerprint density at radius 2 is 2.29 bits per heavy atom. The van der Waals surface area contributed by atoms with Crippen LogP contribution in [-0.2, 0) is 0 Å². The molecule has 1 rings (SSSR count). The van der Waals surface area contributed by atoms with Crippen molar-refractivity contribution in [2.24, 2.45) is 0 Å². The smallest absolute Gasteiger partial charge is 0.181 e. The zero-order valence-electron chi connectivity index (χ0n) is 7.38. The Kier molecular flexibility index (Phi) is 3.77. The van der Waals surface area contributed by atoms with Crippen molar-refractivity contribution in [1.82, 2.24) is 0 Å². The molecule has 0 radical (unpaired) electrons. The number of phenolic OH excluding ortho intramolecular Hbond substituents is 1. The number of phenols is 1. The van der Waals surface area contributed by atoms with Crippen LogP contribution in [0.3, 0.4) is 0 Å². The molecular formula is C9H8BrClO3. The maximum absolute atomic E-state index is 11.2. The molecule has 0 fully saturated rings. The van der Waals surface area contributed by atoms with Crippen LogP contribution in [0.1, 0.15) is 10.4 Å². The van der Waals surface area contributed by atoms with Crippen molar-refractivity contribution in [2.75, 3.05) is 13.0 Å². The monoisotopic (exact) mass is 278 g/mol. The molecule has 14 heavy (non-hydrogen) atoms. The molecule has 0 unspecified atom stereocenters. The molecule has 5 heteroatoms. The minimum Gasteiger partial charge on any atom is -0.506 e. The summed E-state index contributed by atoms with van der Waals surface area (Å²) in [6, 6.07) is 3.06. The van der Waals surface area contributed by atoms with Crippen molar-refractivity contribution in [3.8, 4) is 11.5 Å². The van der Waals surface area contributed by atoms with Gasteiger partial charge in [-0.25, -0.2) is 0 Å². The molecule has 3 nitrogen and oxygen atoms in total. The first-order valence-corrected chi connectivity index (χ1v) is 5.09. The molecule has 0 bridgehead atoms. The maximum atomic E-state index is 11.2. The Hall–Kier alpha value is -0.740. The van der Waals surface area contributed by atoms with E-state index in [9.17, 15) is 9.90 Å². The van der Waals surface area contributed by atoms with E-state index in [1.54, 1.807) is 6.07 Å². The zero-order chi connectivity index (χ0) is 10.7. The molecule has 0 atom stereocenters. The normalized spacial score (nSPS) is 9.93. The number of ketones is 1. The van der Waals surface area contributed by atoms with Gasteiger partial charge in [-0.3, -0.25) is 4.79 Å². The SMILES string of the molecule is COc1ccc(C(=O)CCl)c(O)c1Br. The number of hydrogen-bond donors (Lipinski definition) is 1. The average molecular weight is 280 g/mol. The molecule has 0 aromatic heterocycles. The molecule has 1 aromatic rings. The lowest BCUT2D eigenvalue weighted by Gasteiger charge is -2.07. The topological polar surface area (TPSA) is 46.5 Å². The van der Waals surface area contributed by atoms with Gasteiger partial charge < -0.3 is 9.84 Å². The zero-order valence-corrected chi connectivity index (χ0v) is 9.72. The number of carbonyl (C=O) groups is 1. The van der Waals surface area contributed by atoms with Crippen molar-refractivity contribution in [3.05, 3.63) is 22.2 Å². The number of rotatable bonds is 3. The van der Waals surface area contributed by atoms with Crippen LogP contribution in [0.5, 0.6) is 11.5 Å². The number of ether oxygens (including phenoxy) is 1. The highest BCUT2D eigenvalue weighted by Crippen LogP contribution is 2.36. The second-order valence-corrected chi connectivity index (χ2v) is 3.60. The first kappa shape index (κ1) is 11.3. The number of aromatic hydroxyl groups is 1. The molecule has 0 saturated heterocycles. The van der Waals surface area contributed by atoms with E-state index in [0.717, 1.165) is 0 Å². The van der Waals surface area contributed by atoms with Gasteiger partial charge in [-0.2, -0.15) is 0 Å². The van der Waals surface area contributed by atoms with Gasteiger partial charge in [0.25, 0.3) is 0 Å². The number of hydrogen-bond acceptors (Lipinski definition) is 3. The standard InChI is InChI=1S/C9H8BrClO3/c1-14-7-3-2-5(6(12)4-11)9(13)8(7)10/h2-3,13H,4H2,1H3. The lowest BCUT2D eigenvalue weighted by molar-refractivity contribution is 0.101. The summed E-state index contributed by atoms with van der Waals surface area (Å²) < 4.78 is 5.30. The van der Waals surface area contributed by atoms with E-state index in [2.05, 4.69) is 15.9 Å². The lowest BCUT2D eigenvalue weighted by atomic mass is 10.1. The van der Waals surface area contributed by atoms with Crippen molar-refractivity contribution < 1.29 is 14.6 Å². The number of alkyl halides is 1. The first-order chi connectivity index (χ1) is 6.61. The predicted octanol–water partition coefficient (Wildman–Crippen LogP) is 2.58. The summed E-state index contributed by atoms with van der Waals surface area (Å²) in [5, 5.41) is 9.60. The summed E-state index contributed by atoms with van der Waals surface area (Å²) in [5.41, 5.74) is 0.188. The molecule has 0 saturated carbocycles. The summed E-state index contributed by atoms with van der Waals surface area (Å²) in [4.78, 5) is 11.2. The summed E-state index contributed by atoms with van der Waals surface area (Å²) in [5.74, 6) is -0.164. The molecule has 0 amide bonds. The Balaban J connectivity index is 3.24. The van der Waals surface area contributed by atoms with Crippen molar-refractivity contribution in [3.63, 3.8) is 0 Å². The van der Waals surface area contributed by atoms with Crippen LogP contribution in [0.15, 0.2) is 16.6 Å². The molecule has 0 spiro atoms. The van der Waals surface area contributed by atoms with E-state index in [1.165, 1.54) is 13.2 Å². The van der Waals surface area contributed by atoms with Gasteiger partial charge in [0, 0.05) is 0 Å². The summed E-state index contributed by atoms with van der Waals surface area (Å²) in [6.07, 6.45) is 0. The number of benzene rings is 1.